The Hall–Kier alpha value is -5.76. The molecule has 4 N–H and O–H groups in total. The molecule has 2 heterocycles. The second-order valence-electron chi connectivity index (χ2n) is 10.5. The molecule has 5 aromatic rings. The van der Waals surface area contributed by atoms with Crippen LogP contribution in [0.25, 0.3) is 10.2 Å². The van der Waals surface area contributed by atoms with E-state index in [1.807, 2.05) is 0 Å². The number of nitrogens with zero attached hydrogens (tertiary/aromatic N) is 2. The number of allylic oxidation sites excluding steroid dienone is 1. The molecule has 0 aliphatic carbocycles. The topological polar surface area (TPSA) is 145 Å². The number of primary amides is 1. The van der Waals surface area contributed by atoms with Crippen LogP contribution in [0, 0.1) is 17.5 Å². The first-order chi connectivity index (χ1) is 23.1. The molecule has 0 spiro atoms. The normalized spacial score (nSPS) is 11.8. The number of fused-ring (bicyclic) bond motifs is 1. The lowest BCUT2D eigenvalue weighted by atomic mass is 10.1. The maximum absolute atomic E-state index is 14.2. The predicted molar refractivity (Wildman–Crippen MR) is 174 cm³/mol. The summed E-state index contributed by atoms with van der Waals surface area (Å²) in [5, 5.41) is 5.58. The van der Waals surface area contributed by atoms with Gasteiger partial charge in [-0.15, -0.1) is 11.3 Å². The number of thiazole rings is 1. The van der Waals surface area contributed by atoms with Crippen molar-refractivity contribution in [2.24, 2.45) is 5.73 Å². The van der Waals surface area contributed by atoms with Gasteiger partial charge in [0.15, 0.2) is 0 Å². The number of aromatic nitrogens is 2. The van der Waals surface area contributed by atoms with E-state index in [-0.39, 0.29) is 42.8 Å². The van der Waals surface area contributed by atoms with Gasteiger partial charge in [0.2, 0.25) is 11.8 Å². The van der Waals surface area contributed by atoms with E-state index >= 15 is 0 Å². The first-order valence-electron chi connectivity index (χ1n) is 14.6. The number of hydrogen-bond donors (Lipinski definition) is 3. The monoisotopic (exact) mass is 675 g/mol. The number of benzene rings is 3. The van der Waals surface area contributed by atoms with E-state index in [1.165, 1.54) is 58.5 Å². The van der Waals surface area contributed by atoms with Crippen LogP contribution >= 0.6 is 11.3 Å². The Balaban J connectivity index is 1.31. The number of halogens is 3. The molecule has 0 bridgehead atoms. The number of rotatable bonds is 13. The molecule has 1 atom stereocenters. The van der Waals surface area contributed by atoms with Crippen LogP contribution in [0.4, 0.5) is 18.9 Å². The number of amides is 3. The first-order valence-corrected chi connectivity index (χ1v) is 15.4. The summed E-state index contributed by atoms with van der Waals surface area (Å²) in [6, 6.07) is 15.4. The van der Waals surface area contributed by atoms with Gasteiger partial charge in [-0.25, -0.2) is 18.2 Å². The van der Waals surface area contributed by atoms with Gasteiger partial charge in [-0.3, -0.25) is 19.2 Å². The number of ether oxygens (including phenoxy) is 1. The molecule has 3 aromatic carbocycles. The van der Waals surface area contributed by atoms with E-state index in [1.54, 1.807) is 24.3 Å². The van der Waals surface area contributed by atoms with Gasteiger partial charge < -0.3 is 25.7 Å². The lowest BCUT2D eigenvalue weighted by Crippen LogP contribution is -2.44. The predicted octanol–water partition coefficient (Wildman–Crippen LogP) is 5.06. The lowest BCUT2D eigenvalue weighted by Gasteiger charge is -2.18. The van der Waals surface area contributed by atoms with Crippen LogP contribution in [-0.4, -0.2) is 33.3 Å². The van der Waals surface area contributed by atoms with Gasteiger partial charge in [0.05, 0.1) is 22.3 Å². The molecule has 3 amide bonds. The second kappa shape index (κ2) is 15.2. The van der Waals surface area contributed by atoms with Crippen molar-refractivity contribution in [1.29, 1.82) is 0 Å². The minimum atomic E-state index is -1.20. The van der Waals surface area contributed by atoms with Gasteiger partial charge in [0.1, 0.15) is 46.5 Å². The fourth-order valence-corrected chi connectivity index (χ4v) is 5.71. The van der Waals surface area contributed by atoms with Crippen molar-refractivity contribution in [3.63, 3.8) is 0 Å². The Bertz CT molecular complexity index is 2080. The Morgan fingerprint density at radius 3 is 2.58 bits per heavy atom. The lowest BCUT2D eigenvalue weighted by molar-refractivity contribution is -0.118. The third-order valence-corrected chi connectivity index (χ3v) is 8.12. The van der Waals surface area contributed by atoms with Crippen LogP contribution in [0.5, 0.6) is 5.75 Å². The van der Waals surface area contributed by atoms with Gasteiger partial charge in [0, 0.05) is 17.8 Å². The van der Waals surface area contributed by atoms with Crippen LogP contribution in [0.1, 0.15) is 33.8 Å². The van der Waals surface area contributed by atoms with Crippen molar-refractivity contribution < 1.29 is 32.3 Å². The van der Waals surface area contributed by atoms with Crippen molar-refractivity contribution in [3.8, 4) is 5.75 Å². The molecule has 0 radical (unpaired) electrons. The summed E-state index contributed by atoms with van der Waals surface area (Å²) in [7, 11) is 0. The highest BCUT2D eigenvalue weighted by molar-refractivity contribution is 7.19. The zero-order valence-corrected chi connectivity index (χ0v) is 25.9. The number of carbonyl (C=O) groups excluding carboxylic acids is 3. The maximum atomic E-state index is 14.2. The number of carbonyl (C=O) groups is 3. The molecule has 1 unspecified atom stereocenters. The molecule has 0 aliphatic heterocycles. The van der Waals surface area contributed by atoms with Gasteiger partial charge in [0.25, 0.3) is 11.5 Å². The average Bonchev–Trinajstić information content (AvgIpc) is 3.47. The Kier molecular flexibility index (Phi) is 10.7. The number of nitrogens with one attached hydrogen (secondary N) is 2. The molecule has 0 aliphatic rings. The van der Waals surface area contributed by atoms with Gasteiger partial charge in [-0.2, -0.15) is 0 Å². The summed E-state index contributed by atoms with van der Waals surface area (Å²) in [6.07, 6.45) is 4.25. The minimum absolute atomic E-state index is 0.0146. The molecule has 2 aromatic heterocycles. The molecule has 14 heteroatoms. The van der Waals surface area contributed by atoms with E-state index in [0.717, 1.165) is 24.3 Å². The summed E-state index contributed by atoms with van der Waals surface area (Å²) in [4.78, 5) is 55.2. The SMILES string of the molecule is NC(=O)/C=C/CCC(NC(=O)c1ccccc1F)C(=O)Nc1cccn(Cc2nc3cccc(OCc4ccc(F)cc4F)c3s2)c1=O. The van der Waals surface area contributed by atoms with Gasteiger partial charge in [-0.1, -0.05) is 24.3 Å². The molecule has 0 fully saturated rings. The highest BCUT2D eigenvalue weighted by Gasteiger charge is 2.23. The average molecular weight is 676 g/mol. The fraction of sp³-hybridized carbons (Fsp3) is 0.147. The minimum Gasteiger partial charge on any atom is -0.487 e. The molecule has 0 saturated heterocycles. The summed E-state index contributed by atoms with van der Waals surface area (Å²) >= 11 is 1.26. The maximum Gasteiger partial charge on any atom is 0.274 e. The van der Waals surface area contributed by atoms with Gasteiger partial charge >= 0.3 is 0 Å². The number of hydrogen-bond acceptors (Lipinski definition) is 7. The molecule has 246 valence electrons. The number of nitrogens with two attached hydrogens (primary N) is 1. The highest BCUT2D eigenvalue weighted by atomic mass is 32.1. The second-order valence-corrected chi connectivity index (χ2v) is 11.6. The van der Waals surface area contributed by atoms with Crippen molar-refractivity contribution in [2.75, 3.05) is 5.32 Å². The van der Waals surface area contributed by atoms with Crippen LogP contribution in [-0.2, 0) is 22.7 Å². The van der Waals surface area contributed by atoms with Gasteiger partial charge in [-0.05, 0) is 67.4 Å². The third kappa shape index (κ3) is 8.33. The van der Waals surface area contributed by atoms with Crippen molar-refractivity contribution in [2.45, 2.75) is 32.0 Å². The molecular weight excluding hydrogens is 647 g/mol. The van der Waals surface area contributed by atoms with E-state index in [0.29, 0.717) is 21.0 Å². The Morgan fingerprint density at radius 1 is 1.00 bits per heavy atom. The number of anilines is 1. The highest BCUT2D eigenvalue weighted by Crippen LogP contribution is 2.32. The standard InChI is InChI=1S/C34H28F3N5O5S/c35-21-15-14-20(24(37)17-21)19-47-28-12-5-10-25-31(28)48-30(39-25)18-42-16-6-11-27(34(42)46)41-33(45)26(9-3-4-13-29(38)43)40-32(44)22-7-1-2-8-23(22)36/h1-2,4-8,10-17,26H,3,9,18-19H2,(H2,38,43)(H,40,44)(H,41,45)/b13-4+. The summed E-state index contributed by atoms with van der Waals surface area (Å²) in [5.41, 5.74) is 4.99. The van der Waals surface area contributed by atoms with E-state index in [4.69, 9.17) is 10.5 Å². The van der Waals surface area contributed by atoms with E-state index in [2.05, 4.69) is 15.6 Å². The Morgan fingerprint density at radius 2 is 1.81 bits per heavy atom. The smallest absolute Gasteiger partial charge is 0.274 e. The van der Waals surface area contributed by atoms with Crippen LogP contribution in [0.3, 0.4) is 0 Å². The first kappa shape index (κ1) is 33.6. The Labute approximate surface area is 275 Å². The molecule has 0 saturated carbocycles. The van der Waals surface area contributed by atoms with Crippen LogP contribution in [0.15, 0.2) is 95.9 Å². The molecule has 10 nitrogen and oxygen atoms in total. The van der Waals surface area contributed by atoms with E-state index in [9.17, 15) is 32.3 Å². The van der Waals surface area contributed by atoms with Crippen LogP contribution < -0.4 is 26.7 Å². The molecule has 5 rings (SSSR count). The van der Waals surface area contributed by atoms with Crippen molar-refractivity contribution in [3.05, 3.63) is 135 Å². The fourth-order valence-electron chi connectivity index (χ4n) is 4.68. The van der Waals surface area contributed by atoms with Crippen LogP contribution in [0.2, 0.25) is 0 Å². The summed E-state index contributed by atoms with van der Waals surface area (Å²) < 4.78 is 49.4. The molecule has 48 heavy (non-hydrogen) atoms. The number of pyridine rings is 1. The van der Waals surface area contributed by atoms with Crippen molar-refractivity contribution in [1.82, 2.24) is 14.9 Å². The molecular formula is C34H28F3N5O5S. The van der Waals surface area contributed by atoms with E-state index < -0.39 is 46.8 Å². The zero-order valence-electron chi connectivity index (χ0n) is 25.1. The third-order valence-electron chi connectivity index (χ3n) is 7.05. The summed E-state index contributed by atoms with van der Waals surface area (Å²) in [6.45, 7) is -0.0951. The zero-order chi connectivity index (χ0) is 34.2. The van der Waals surface area contributed by atoms with Crippen molar-refractivity contribution >= 4 is 45.0 Å². The quantitative estimate of drug-likeness (QED) is 0.149. The largest absolute Gasteiger partial charge is 0.487 e. The summed E-state index contributed by atoms with van der Waals surface area (Å²) in [5.74, 6) is -4.01.